The van der Waals surface area contributed by atoms with Crippen molar-refractivity contribution < 1.29 is 5.11 Å². The molecule has 0 amide bonds. The minimum absolute atomic E-state index is 0.232. The summed E-state index contributed by atoms with van der Waals surface area (Å²) in [5, 5.41) is 14.0. The summed E-state index contributed by atoms with van der Waals surface area (Å²) in [6, 6.07) is 6.54. The number of nitrogens with one attached hydrogen (secondary N) is 1. The highest BCUT2D eigenvalue weighted by Gasteiger charge is 2.27. The largest absolute Gasteiger partial charge is 0.393 e. The van der Waals surface area contributed by atoms with E-state index in [1.165, 1.54) is 11.3 Å². The fourth-order valence-electron chi connectivity index (χ4n) is 2.72. The lowest BCUT2D eigenvalue weighted by Gasteiger charge is -2.23. The monoisotopic (exact) mass is 296 g/mol. The van der Waals surface area contributed by atoms with Crippen LogP contribution in [0.3, 0.4) is 0 Å². The Morgan fingerprint density at radius 1 is 1.40 bits per heavy atom. The summed E-state index contributed by atoms with van der Waals surface area (Å²) in [5.41, 5.74) is 2.48. The van der Waals surface area contributed by atoms with Crippen molar-refractivity contribution in [2.24, 2.45) is 5.92 Å². The standard InChI is InChI=1S/C16H25ClN2O/c1-11(2)18-9-14-8-15(17)4-5-16(14)19-7-6-13(10-19)12(3)20/h4-5,8,11-13,18,20H,6-7,9-10H2,1-3H3. The van der Waals surface area contributed by atoms with Crippen LogP contribution < -0.4 is 10.2 Å². The van der Waals surface area contributed by atoms with Crippen LogP contribution in [-0.4, -0.2) is 30.3 Å². The van der Waals surface area contributed by atoms with Crippen LogP contribution >= 0.6 is 11.6 Å². The third kappa shape index (κ3) is 3.87. The fraction of sp³-hybridized carbons (Fsp3) is 0.625. The van der Waals surface area contributed by atoms with E-state index >= 15 is 0 Å². The Kier molecular flexibility index (Phi) is 5.30. The maximum Gasteiger partial charge on any atom is 0.0557 e. The summed E-state index contributed by atoms with van der Waals surface area (Å²) in [6.45, 7) is 8.92. The second-order valence-corrected chi connectivity index (χ2v) is 6.48. The lowest BCUT2D eigenvalue weighted by Crippen LogP contribution is -2.27. The van der Waals surface area contributed by atoms with E-state index in [0.29, 0.717) is 12.0 Å². The van der Waals surface area contributed by atoms with Crippen LogP contribution in [0.15, 0.2) is 18.2 Å². The molecule has 0 radical (unpaired) electrons. The summed E-state index contributed by atoms with van der Waals surface area (Å²) in [7, 11) is 0. The van der Waals surface area contributed by atoms with Gasteiger partial charge in [0.1, 0.15) is 0 Å². The number of halogens is 1. The maximum absolute atomic E-state index is 9.75. The fourth-order valence-corrected chi connectivity index (χ4v) is 2.91. The molecule has 0 spiro atoms. The Morgan fingerprint density at radius 3 is 2.75 bits per heavy atom. The Bertz CT molecular complexity index is 448. The number of anilines is 1. The minimum Gasteiger partial charge on any atom is -0.393 e. The van der Waals surface area contributed by atoms with E-state index in [2.05, 4.69) is 30.1 Å². The molecule has 1 heterocycles. The van der Waals surface area contributed by atoms with Crippen LogP contribution in [0.5, 0.6) is 0 Å². The van der Waals surface area contributed by atoms with Gasteiger partial charge in [-0.05, 0) is 37.1 Å². The number of nitrogens with zero attached hydrogens (tertiary/aromatic N) is 1. The first-order chi connectivity index (χ1) is 9.47. The number of rotatable bonds is 5. The van der Waals surface area contributed by atoms with Gasteiger partial charge >= 0.3 is 0 Å². The van der Waals surface area contributed by atoms with E-state index in [1.807, 2.05) is 19.1 Å². The molecule has 1 fully saturated rings. The van der Waals surface area contributed by atoms with Gasteiger partial charge in [0, 0.05) is 42.3 Å². The summed E-state index contributed by atoms with van der Waals surface area (Å²) < 4.78 is 0. The van der Waals surface area contributed by atoms with E-state index in [4.69, 9.17) is 11.6 Å². The third-order valence-electron chi connectivity index (χ3n) is 3.99. The van der Waals surface area contributed by atoms with Gasteiger partial charge in [-0.2, -0.15) is 0 Å². The molecule has 20 heavy (non-hydrogen) atoms. The van der Waals surface area contributed by atoms with E-state index in [9.17, 15) is 5.11 Å². The number of hydrogen-bond donors (Lipinski definition) is 2. The third-order valence-corrected chi connectivity index (χ3v) is 4.23. The molecule has 2 atom stereocenters. The molecule has 1 aliphatic rings. The van der Waals surface area contributed by atoms with Gasteiger partial charge in [-0.1, -0.05) is 25.4 Å². The van der Waals surface area contributed by atoms with E-state index in [1.54, 1.807) is 0 Å². The van der Waals surface area contributed by atoms with Crippen LogP contribution in [0.4, 0.5) is 5.69 Å². The summed E-state index contributed by atoms with van der Waals surface area (Å²) in [6.07, 6.45) is 0.821. The molecule has 1 aromatic carbocycles. The van der Waals surface area contributed by atoms with E-state index in [0.717, 1.165) is 31.1 Å². The van der Waals surface area contributed by atoms with Crippen LogP contribution in [0.25, 0.3) is 0 Å². The highest BCUT2D eigenvalue weighted by molar-refractivity contribution is 6.30. The van der Waals surface area contributed by atoms with Crippen molar-refractivity contribution in [2.45, 2.75) is 45.9 Å². The molecule has 0 saturated carbocycles. The molecule has 0 aliphatic carbocycles. The lowest BCUT2D eigenvalue weighted by atomic mass is 10.0. The molecule has 1 aliphatic heterocycles. The molecule has 0 aromatic heterocycles. The Labute approximate surface area is 126 Å². The molecule has 1 aromatic rings. The molecule has 4 heteroatoms. The highest BCUT2D eigenvalue weighted by atomic mass is 35.5. The van der Waals surface area contributed by atoms with Crippen molar-refractivity contribution in [1.82, 2.24) is 5.32 Å². The SMILES string of the molecule is CC(C)NCc1cc(Cl)ccc1N1CCC(C(C)O)C1. The number of benzene rings is 1. The predicted octanol–water partition coefficient (Wildman–Crippen LogP) is 3.05. The minimum atomic E-state index is -0.232. The number of aliphatic hydroxyl groups is 1. The molecular formula is C16H25ClN2O. The quantitative estimate of drug-likeness (QED) is 0.877. The zero-order valence-electron chi connectivity index (χ0n) is 12.6. The average Bonchev–Trinajstić information content (AvgIpc) is 2.86. The van der Waals surface area contributed by atoms with Gasteiger partial charge in [0.25, 0.3) is 0 Å². The molecule has 1 saturated heterocycles. The summed E-state index contributed by atoms with van der Waals surface area (Å²) in [5.74, 6) is 0.372. The molecule has 2 rings (SSSR count). The molecule has 3 nitrogen and oxygen atoms in total. The first kappa shape index (κ1) is 15.6. The van der Waals surface area contributed by atoms with Crippen LogP contribution in [0, 0.1) is 5.92 Å². The van der Waals surface area contributed by atoms with Crippen molar-refractivity contribution in [3.63, 3.8) is 0 Å². The normalized spacial score (nSPS) is 20.7. The Balaban J connectivity index is 2.14. The van der Waals surface area contributed by atoms with Crippen LogP contribution in [-0.2, 0) is 6.54 Å². The van der Waals surface area contributed by atoms with E-state index in [-0.39, 0.29) is 6.10 Å². The predicted molar refractivity (Wildman–Crippen MR) is 85.4 cm³/mol. The smallest absolute Gasteiger partial charge is 0.0557 e. The summed E-state index contributed by atoms with van der Waals surface area (Å²) >= 11 is 6.13. The van der Waals surface area contributed by atoms with Gasteiger partial charge in [-0.25, -0.2) is 0 Å². The molecule has 2 unspecified atom stereocenters. The van der Waals surface area contributed by atoms with Crippen LogP contribution in [0.1, 0.15) is 32.8 Å². The molecular weight excluding hydrogens is 272 g/mol. The number of hydrogen-bond acceptors (Lipinski definition) is 3. The zero-order valence-corrected chi connectivity index (χ0v) is 13.3. The van der Waals surface area contributed by atoms with Crippen molar-refractivity contribution in [1.29, 1.82) is 0 Å². The van der Waals surface area contributed by atoms with Crippen molar-refractivity contribution in [3.8, 4) is 0 Å². The molecule has 0 bridgehead atoms. The Hall–Kier alpha value is -0.770. The maximum atomic E-state index is 9.75. The first-order valence-electron chi connectivity index (χ1n) is 7.42. The first-order valence-corrected chi connectivity index (χ1v) is 7.80. The van der Waals surface area contributed by atoms with Gasteiger partial charge < -0.3 is 15.3 Å². The van der Waals surface area contributed by atoms with Gasteiger partial charge in [0.2, 0.25) is 0 Å². The van der Waals surface area contributed by atoms with Crippen LogP contribution in [0.2, 0.25) is 5.02 Å². The highest BCUT2D eigenvalue weighted by Crippen LogP contribution is 2.30. The van der Waals surface area contributed by atoms with Crippen molar-refractivity contribution in [2.75, 3.05) is 18.0 Å². The zero-order chi connectivity index (χ0) is 14.7. The molecule has 2 N–H and O–H groups in total. The molecule has 112 valence electrons. The lowest BCUT2D eigenvalue weighted by molar-refractivity contribution is 0.136. The van der Waals surface area contributed by atoms with Gasteiger partial charge in [-0.3, -0.25) is 0 Å². The topological polar surface area (TPSA) is 35.5 Å². The Morgan fingerprint density at radius 2 is 2.15 bits per heavy atom. The second-order valence-electron chi connectivity index (χ2n) is 6.04. The number of aliphatic hydroxyl groups excluding tert-OH is 1. The van der Waals surface area contributed by atoms with Crippen molar-refractivity contribution >= 4 is 17.3 Å². The van der Waals surface area contributed by atoms with Gasteiger partial charge in [0.15, 0.2) is 0 Å². The average molecular weight is 297 g/mol. The van der Waals surface area contributed by atoms with E-state index < -0.39 is 0 Å². The van der Waals surface area contributed by atoms with Gasteiger partial charge in [-0.15, -0.1) is 0 Å². The van der Waals surface area contributed by atoms with Gasteiger partial charge in [0.05, 0.1) is 6.10 Å². The van der Waals surface area contributed by atoms with Crippen molar-refractivity contribution in [3.05, 3.63) is 28.8 Å². The second kappa shape index (κ2) is 6.79. The summed E-state index contributed by atoms with van der Waals surface area (Å²) in [4.78, 5) is 2.37.